The van der Waals surface area contributed by atoms with Gasteiger partial charge in [0.15, 0.2) is 0 Å². The molecule has 0 amide bonds. The van der Waals surface area contributed by atoms with Crippen LogP contribution < -0.4 is 4.74 Å². The second-order valence-corrected chi connectivity index (χ2v) is 10.0. The van der Waals surface area contributed by atoms with Gasteiger partial charge >= 0.3 is 0 Å². The number of halogens is 3. The lowest BCUT2D eigenvalue weighted by molar-refractivity contribution is 0.0246. The minimum absolute atomic E-state index is 0.0180. The van der Waals surface area contributed by atoms with Crippen LogP contribution in [0.3, 0.4) is 0 Å². The van der Waals surface area contributed by atoms with Gasteiger partial charge in [-0.05, 0) is 38.8 Å². The maximum atomic E-state index is 15.6. The number of nitrogens with zero attached hydrogens (tertiary/aromatic N) is 1. The van der Waals surface area contributed by atoms with Gasteiger partial charge in [-0.15, -0.1) is 0 Å². The molecule has 2 aromatic carbocycles. The third kappa shape index (κ3) is 6.46. The van der Waals surface area contributed by atoms with Crippen LogP contribution in [-0.2, 0) is 15.9 Å². The molecule has 2 heterocycles. The lowest BCUT2D eigenvalue weighted by Gasteiger charge is -2.43. The van der Waals surface area contributed by atoms with Gasteiger partial charge in [0, 0.05) is 46.9 Å². The number of aromatic amines is 1. The van der Waals surface area contributed by atoms with E-state index in [0.717, 1.165) is 16.5 Å². The molecule has 0 spiro atoms. The summed E-state index contributed by atoms with van der Waals surface area (Å²) in [6.07, 6.45) is 0.640. The molecular weight excluding hydrogens is 485 g/mol. The molecule has 0 saturated heterocycles. The van der Waals surface area contributed by atoms with Crippen molar-refractivity contribution >= 4 is 10.9 Å². The van der Waals surface area contributed by atoms with E-state index in [2.05, 4.69) is 4.98 Å². The van der Waals surface area contributed by atoms with Gasteiger partial charge in [-0.3, -0.25) is 4.90 Å². The molecule has 202 valence electrons. The number of hydrogen-bond acceptors (Lipinski definition) is 5. The molecule has 1 aromatic heterocycles. The molecular formula is C28H35F3N2O4. The third-order valence-electron chi connectivity index (χ3n) is 6.51. The highest BCUT2D eigenvalue weighted by atomic mass is 19.1. The van der Waals surface area contributed by atoms with E-state index in [1.54, 1.807) is 0 Å². The van der Waals surface area contributed by atoms with Crippen molar-refractivity contribution in [1.29, 1.82) is 0 Å². The number of fused-ring (bicyclic) bond motifs is 3. The van der Waals surface area contributed by atoms with Crippen LogP contribution in [0.2, 0.25) is 0 Å². The van der Waals surface area contributed by atoms with E-state index in [1.165, 1.54) is 26.0 Å². The van der Waals surface area contributed by atoms with Crippen LogP contribution in [0.5, 0.6) is 5.75 Å². The van der Waals surface area contributed by atoms with Gasteiger partial charge in [0.25, 0.3) is 0 Å². The molecule has 0 bridgehead atoms. The number of alkyl halides is 1. The Balaban J connectivity index is 1.59. The van der Waals surface area contributed by atoms with E-state index in [0.29, 0.717) is 25.3 Å². The number of hydrogen-bond donors (Lipinski definition) is 2. The fourth-order valence-electron chi connectivity index (χ4n) is 5.01. The Bertz CT molecular complexity index is 1170. The molecule has 0 unspecified atom stereocenters. The molecule has 2 atom stereocenters. The monoisotopic (exact) mass is 520 g/mol. The van der Waals surface area contributed by atoms with Crippen LogP contribution in [0.25, 0.3) is 10.9 Å². The third-order valence-corrected chi connectivity index (χ3v) is 6.51. The van der Waals surface area contributed by atoms with Gasteiger partial charge in [0.2, 0.25) is 0 Å². The molecule has 2 N–H and O–H groups in total. The number of para-hydroxylation sites is 1. The largest absolute Gasteiger partial charge is 0.491 e. The summed E-state index contributed by atoms with van der Waals surface area (Å²) in [6.45, 7) is 6.09. The van der Waals surface area contributed by atoms with Gasteiger partial charge in [0.05, 0.1) is 39.1 Å². The molecule has 3 aromatic rings. The second-order valence-electron chi connectivity index (χ2n) is 10.0. The fraction of sp³-hybridized carbons (Fsp3) is 0.500. The van der Waals surface area contributed by atoms with Crippen molar-refractivity contribution in [2.45, 2.75) is 44.9 Å². The summed E-state index contributed by atoms with van der Waals surface area (Å²) >= 11 is 0. The summed E-state index contributed by atoms with van der Waals surface area (Å²) in [5, 5.41) is 9.68. The molecule has 37 heavy (non-hydrogen) atoms. The zero-order valence-electron chi connectivity index (χ0n) is 21.5. The van der Waals surface area contributed by atoms with Gasteiger partial charge in [0.1, 0.15) is 29.7 Å². The van der Waals surface area contributed by atoms with Crippen LogP contribution in [0, 0.1) is 11.6 Å². The zero-order chi connectivity index (χ0) is 26.6. The number of aliphatic hydroxyl groups is 1. The van der Waals surface area contributed by atoms with Crippen LogP contribution in [-0.4, -0.2) is 72.9 Å². The van der Waals surface area contributed by atoms with Crippen molar-refractivity contribution in [3.63, 3.8) is 0 Å². The zero-order valence-corrected chi connectivity index (χ0v) is 21.5. The predicted molar refractivity (Wildman–Crippen MR) is 136 cm³/mol. The number of rotatable bonds is 12. The predicted octanol–water partition coefficient (Wildman–Crippen LogP) is 4.93. The fourth-order valence-corrected chi connectivity index (χ4v) is 5.01. The Morgan fingerprint density at radius 3 is 2.35 bits per heavy atom. The smallest absolute Gasteiger partial charge is 0.135 e. The quantitative estimate of drug-likeness (QED) is 0.332. The Hall–Kier alpha value is -2.59. The van der Waals surface area contributed by atoms with E-state index in [4.69, 9.17) is 19.3 Å². The van der Waals surface area contributed by atoms with E-state index >= 15 is 8.78 Å². The van der Waals surface area contributed by atoms with Crippen molar-refractivity contribution in [3.05, 3.63) is 64.9 Å². The highest BCUT2D eigenvalue weighted by Crippen LogP contribution is 2.43. The first-order chi connectivity index (χ1) is 17.7. The average Bonchev–Trinajstić information content (AvgIpc) is 3.19. The first-order valence-corrected chi connectivity index (χ1v) is 12.6. The van der Waals surface area contributed by atoms with E-state index < -0.39 is 23.3 Å². The number of nitrogens with one attached hydrogen (secondary N) is 1. The van der Waals surface area contributed by atoms with Crippen LogP contribution >= 0.6 is 0 Å². The van der Waals surface area contributed by atoms with E-state index in [-0.39, 0.29) is 50.3 Å². The Kier molecular flexibility index (Phi) is 8.79. The first kappa shape index (κ1) is 27.4. The van der Waals surface area contributed by atoms with Gasteiger partial charge in [-0.1, -0.05) is 18.2 Å². The maximum Gasteiger partial charge on any atom is 0.135 e. The molecule has 0 fully saturated rings. The van der Waals surface area contributed by atoms with Crippen LogP contribution in [0.1, 0.15) is 43.6 Å². The summed E-state index contributed by atoms with van der Waals surface area (Å²) in [4.78, 5) is 5.21. The number of aliphatic hydroxyl groups excluding tert-OH is 1. The number of aromatic nitrogens is 1. The molecule has 0 saturated carbocycles. The molecule has 4 rings (SSSR count). The lowest BCUT2D eigenvalue weighted by Crippen LogP contribution is -2.48. The molecule has 6 nitrogen and oxygen atoms in total. The standard InChI is InChI=1S/C28H35F3N2O4/c1-18-14-21-20-6-4-5-7-24(20)32-26(21)27(33(18)17-28(2,3)31)25-22(29)15-19(16-23(25)30)37-13-12-36-11-10-35-9-8-34/h4-7,15-16,18,27,32,34H,8-14,17H2,1-3H3/t18-,27-/m1/s1. The number of benzene rings is 2. The summed E-state index contributed by atoms with van der Waals surface area (Å²) in [5.74, 6) is -1.45. The maximum absolute atomic E-state index is 15.6. The van der Waals surface area contributed by atoms with Crippen molar-refractivity contribution in [2.75, 3.05) is 46.2 Å². The molecule has 1 aliphatic heterocycles. The second kappa shape index (κ2) is 11.9. The van der Waals surface area contributed by atoms with Gasteiger partial charge in [-0.25, -0.2) is 13.2 Å². The number of ether oxygens (including phenoxy) is 3. The summed E-state index contributed by atoms with van der Waals surface area (Å²) < 4.78 is 62.1. The van der Waals surface area contributed by atoms with Crippen molar-refractivity contribution in [3.8, 4) is 5.75 Å². The SMILES string of the molecule is C[C@@H]1Cc2c([nH]c3ccccc23)[C@@H](c2c(F)cc(OCCOCCOCCO)cc2F)N1CC(C)(C)F. The Morgan fingerprint density at radius 1 is 1.03 bits per heavy atom. The minimum atomic E-state index is -1.56. The summed E-state index contributed by atoms with van der Waals surface area (Å²) in [7, 11) is 0. The van der Waals surface area contributed by atoms with E-state index in [1.807, 2.05) is 36.1 Å². The van der Waals surface area contributed by atoms with Gasteiger partial charge in [-0.2, -0.15) is 0 Å². The Labute approximate surface area is 215 Å². The summed E-state index contributed by atoms with van der Waals surface area (Å²) in [6, 6.07) is 9.15. The Morgan fingerprint density at radius 2 is 1.68 bits per heavy atom. The average molecular weight is 521 g/mol. The molecule has 1 aliphatic rings. The number of H-pyrrole nitrogens is 1. The summed E-state index contributed by atoms with van der Waals surface area (Å²) in [5.41, 5.74) is 0.878. The lowest BCUT2D eigenvalue weighted by atomic mass is 9.87. The molecule has 0 aliphatic carbocycles. The van der Waals surface area contributed by atoms with E-state index in [9.17, 15) is 4.39 Å². The van der Waals surface area contributed by atoms with Crippen molar-refractivity contribution in [2.24, 2.45) is 0 Å². The topological polar surface area (TPSA) is 67.0 Å². The van der Waals surface area contributed by atoms with Crippen molar-refractivity contribution in [1.82, 2.24) is 9.88 Å². The normalized spacial score (nSPS) is 18.4. The highest BCUT2D eigenvalue weighted by molar-refractivity contribution is 5.85. The minimum Gasteiger partial charge on any atom is -0.491 e. The van der Waals surface area contributed by atoms with Crippen molar-refractivity contribution < 1.29 is 32.5 Å². The first-order valence-electron chi connectivity index (χ1n) is 12.6. The van der Waals surface area contributed by atoms with Crippen LogP contribution in [0.15, 0.2) is 36.4 Å². The highest BCUT2D eigenvalue weighted by Gasteiger charge is 2.41. The van der Waals surface area contributed by atoms with Crippen LogP contribution in [0.4, 0.5) is 13.2 Å². The van der Waals surface area contributed by atoms with Gasteiger partial charge < -0.3 is 24.3 Å². The molecule has 9 heteroatoms. The molecule has 0 radical (unpaired) electrons.